The maximum absolute atomic E-state index is 13.2. The normalized spacial score (nSPS) is 23.5. The van der Waals surface area contributed by atoms with Gasteiger partial charge in [0.1, 0.15) is 11.3 Å². The number of piperidine rings is 1. The highest BCUT2D eigenvalue weighted by Gasteiger charge is 2.45. The van der Waals surface area contributed by atoms with Gasteiger partial charge in [0.15, 0.2) is 0 Å². The molecule has 3 aromatic rings. The number of fused-ring (bicyclic) bond motifs is 2. The number of carbonyl (C=O) groups excluding carboxylic acids is 1. The van der Waals surface area contributed by atoms with Crippen molar-refractivity contribution in [1.29, 1.82) is 0 Å². The van der Waals surface area contributed by atoms with Gasteiger partial charge in [0.05, 0.1) is 17.2 Å². The van der Waals surface area contributed by atoms with Crippen LogP contribution in [0, 0.1) is 0 Å². The van der Waals surface area contributed by atoms with Crippen LogP contribution < -0.4 is 5.32 Å². The number of rotatable bonds is 3. The minimum Gasteiger partial charge on any atom is -0.389 e. The van der Waals surface area contributed by atoms with Crippen LogP contribution in [0.1, 0.15) is 47.4 Å². The molecule has 0 bridgehead atoms. The van der Waals surface area contributed by atoms with Gasteiger partial charge in [-0.2, -0.15) is 0 Å². The smallest absolute Gasteiger partial charge is 0.274 e. The van der Waals surface area contributed by atoms with Crippen LogP contribution in [-0.4, -0.2) is 57.1 Å². The van der Waals surface area contributed by atoms with Gasteiger partial charge in [-0.25, -0.2) is 4.98 Å². The van der Waals surface area contributed by atoms with E-state index in [4.69, 9.17) is 4.74 Å². The van der Waals surface area contributed by atoms with E-state index in [1.807, 2.05) is 48.7 Å². The minimum absolute atomic E-state index is 0.147. The van der Waals surface area contributed by atoms with Crippen molar-refractivity contribution in [3.8, 4) is 0 Å². The van der Waals surface area contributed by atoms with Crippen molar-refractivity contribution in [2.24, 2.45) is 0 Å². The SMILES string of the molecule is COC(C)(C)c1ccc2nc(C(=O)N3CCC4(Cc5ccccc5CN4)C(O)C3)cn2c1. The Morgan fingerprint density at radius 3 is 2.75 bits per heavy atom. The first kappa shape index (κ1) is 21.1. The minimum atomic E-state index is -0.639. The number of hydrogen-bond acceptors (Lipinski definition) is 5. The third-order valence-corrected chi connectivity index (χ3v) is 7.28. The summed E-state index contributed by atoms with van der Waals surface area (Å²) >= 11 is 0. The van der Waals surface area contributed by atoms with Crippen LogP contribution in [0.15, 0.2) is 48.8 Å². The second-order valence-corrected chi connectivity index (χ2v) is 9.50. The zero-order valence-corrected chi connectivity index (χ0v) is 18.8. The van der Waals surface area contributed by atoms with Crippen molar-refractivity contribution in [3.05, 3.63) is 71.2 Å². The second-order valence-electron chi connectivity index (χ2n) is 9.50. The zero-order chi connectivity index (χ0) is 22.5. The number of imidazole rings is 1. The zero-order valence-electron chi connectivity index (χ0n) is 18.8. The number of pyridine rings is 1. The Labute approximate surface area is 188 Å². The average Bonchev–Trinajstić information content (AvgIpc) is 3.24. The molecule has 2 aliphatic heterocycles. The molecule has 0 radical (unpaired) electrons. The summed E-state index contributed by atoms with van der Waals surface area (Å²) in [7, 11) is 1.68. The standard InChI is InChI=1S/C25H30N4O3/c1-24(2,32-3)19-8-9-22-27-20(15-29(22)14-19)23(31)28-11-10-25(21(30)16-28)12-17-6-4-5-7-18(17)13-26-25/h4-9,14-15,21,26,30H,10-13,16H2,1-3H3. The molecule has 2 unspecified atom stereocenters. The summed E-state index contributed by atoms with van der Waals surface area (Å²) in [6, 6.07) is 12.2. The average molecular weight is 435 g/mol. The van der Waals surface area contributed by atoms with Gasteiger partial charge >= 0.3 is 0 Å². The Morgan fingerprint density at radius 2 is 2.00 bits per heavy atom. The number of likely N-dealkylation sites (tertiary alicyclic amines) is 1. The number of carbonyl (C=O) groups is 1. The molecule has 2 aliphatic rings. The van der Waals surface area contributed by atoms with Gasteiger partial charge < -0.3 is 24.5 Å². The molecule has 7 heteroatoms. The monoisotopic (exact) mass is 434 g/mol. The molecule has 4 heterocycles. The lowest BCUT2D eigenvalue weighted by Gasteiger charge is -2.48. The predicted molar refractivity (Wildman–Crippen MR) is 121 cm³/mol. The largest absolute Gasteiger partial charge is 0.389 e. The number of aliphatic hydroxyl groups is 1. The number of nitrogens with zero attached hydrogens (tertiary/aromatic N) is 3. The van der Waals surface area contributed by atoms with Crippen LogP contribution in [0.5, 0.6) is 0 Å². The number of β-amino-alcohol motifs (C(OH)–C–C–N with tert-alkyl or cyclic N) is 1. The third kappa shape index (κ3) is 3.50. The fourth-order valence-corrected chi connectivity index (χ4v) is 4.88. The molecule has 32 heavy (non-hydrogen) atoms. The number of ether oxygens (including phenoxy) is 1. The van der Waals surface area contributed by atoms with Gasteiger partial charge in [0, 0.05) is 39.1 Å². The number of aliphatic hydroxyl groups excluding tert-OH is 1. The number of amides is 1. The fraction of sp³-hybridized carbons (Fsp3) is 0.440. The molecule has 5 rings (SSSR count). The second kappa shape index (κ2) is 7.69. The first-order valence-corrected chi connectivity index (χ1v) is 11.1. The van der Waals surface area contributed by atoms with E-state index >= 15 is 0 Å². The molecule has 1 fully saturated rings. The Kier molecular flexibility index (Phi) is 5.08. The summed E-state index contributed by atoms with van der Waals surface area (Å²) in [4.78, 5) is 19.5. The van der Waals surface area contributed by atoms with E-state index in [2.05, 4.69) is 22.4 Å². The molecule has 0 saturated carbocycles. The lowest BCUT2D eigenvalue weighted by Crippen LogP contribution is -2.65. The van der Waals surface area contributed by atoms with Crippen molar-refractivity contribution in [1.82, 2.24) is 19.6 Å². The molecule has 2 aromatic heterocycles. The summed E-state index contributed by atoms with van der Waals surface area (Å²) in [5, 5.41) is 14.6. The maximum Gasteiger partial charge on any atom is 0.274 e. The maximum atomic E-state index is 13.2. The molecule has 1 saturated heterocycles. The third-order valence-electron chi connectivity index (χ3n) is 7.28. The van der Waals surface area contributed by atoms with Crippen LogP contribution in [0.25, 0.3) is 5.65 Å². The first-order valence-electron chi connectivity index (χ1n) is 11.1. The van der Waals surface area contributed by atoms with Gasteiger partial charge in [-0.1, -0.05) is 30.3 Å². The van der Waals surface area contributed by atoms with Gasteiger partial charge in [-0.3, -0.25) is 4.79 Å². The molecule has 1 spiro atoms. The fourth-order valence-electron chi connectivity index (χ4n) is 4.88. The summed E-state index contributed by atoms with van der Waals surface area (Å²) in [6.07, 6.45) is 4.55. The van der Waals surface area contributed by atoms with Crippen molar-refractivity contribution < 1.29 is 14.6 Å². The number of benzene rings is 1. The van der Waals surface area contributed by atoms with Crippen LogP contribution in [-0.2, 0) is 23.3 Å². The van der Waals surface area contributed by atoms with Crippen molar-refractivity contribution in [2.75, 3.05) is 20.2 Å². The molecule has 1 aromatic carbocycles. The van der Waals surface area contributed by atoms with Gasteiger partial charge in [-0.15, -0.1) is 0 Å². The number of nitrogens with one attached hydrogen (secondary N) is 1. The predicted octanol–water partition coefficient (Wildman–Crippen LogP) is 2.51. The molecule has 1 amide bonds. The van der Waals surface area contributed by atoms with Crippen molar-refractivity contribution in [2.45, 2.75) is 50.5 Å². The van der Waals surface area contributed by atoms with Gasteiger partial charge in [0.25, 0.3) is 5.91 Å². The van der Waals surface area contributed by atoms with Crippen LogP contribution in [0.4, 0.5) is 0 Å². The number of methoxy groups -OCH3 is 1. The topological polar surface area (TPSA) is 79.1 Å². The Morgan fingerprint density at radius 1 is 1.22 bits per heavy atom. The van der Waals surface area contributed by atoms with E-state index in [0.29, 0.717) is 30.9 Å². The highest BCUT2D eigenvalue weighted by atomic mass is 16.5. The molecule has 168 valence electrons. The lowest BCUT2D eigenvalue weighted by atomic mass is 9.76. The summed E-state index contributed by atoms with van der Waals surface area (Å²) < 4.78 is 7.43. The molecular weight excluding hydrogens is 404 g/mol. The van der Waals surface area contributed by atoms with E-state index < -0.39 is 11.7 Å². The summed E-state index contributed by atoms with van der Waals surface area (Å²) in [5.74, 6) is -0.147. The number of aromatic nitrogens is 2. The van der Waals surface area contributed by atoms with Gasteiger partial charge in [-0.05, 0) is 49.4 Å². The summed E-state index contributed by atoms with van der Waals surface area (Å²) in [5.41, 5.74) is 3.85. The highest BCUT2D eigenvalue weighted by molar-refractivity contribution is 5.93. The van der Waals surface area contributed by atoms with Crippen LogP contribution in [0.2, 0.25) is 0 Å². The van der Waals surface area contributed by atoms with E-state index in [1.54, 1.807) is 18.2 Å². The van der Waals surface area contributed by atoms with E-state index in [-0.39, 0.29) is 11.4 Å². The Hall–Kier alpha value is -2.74. The van der Waals surface area contributed by atoms with Crippen molar-refractivity contribution in [3.63, 3.8) is 0 Å². The Bertz CT molecular complexity index is 1170. The van der Waals surface area contributed by atoms with E-state index in [1.165, 1.54) is 11.1 Å². The van der Waals surface area contributed by atoms with Crippen LogP contribution in [0.3, 0.4) is 0 Å². The molecule has 0 aliphatic carbocycles. The lowest BCUT2D eigenvalue weighted by molar-refractivity contribution is -0.0140. The molecule has 7 nitrogen and oxygen atoms in total. The van der Waals surface area contributed by atoms with E-state index in [0.717, 1.165) is 18.5 Å². The Balaban J connectivity index is 1.33. The molecule has 2 N–H and O–H groups in total. The van der Waals surface area contributed by atoms with Gasteiger partial charge in [0.2, 0.25) is 0 Å². The van der Waals surface area contributed by atoms with Crippen LogP contribution >= 0.6 is 0 Å². The first-order chi connectivity index (χ1) is 15.3. The quantitative estimate of drug-likeness (QED) is 0.662. The molecule has 2 atom stereocenters. The van der Waals surface area contributed by atoms with E-state index in [9.17, 15) is 9.90 Å². The summed E-state index contributed by atoms with van der Waals surface area (Å²) in [6.45, 7) is 5.62. The molecular formula is C25H30N4O3. The highest BCUT2D eigenvalue weighted by Crippen LogP contribution is 2.32. The number of hydrogen-bond donors (Lipinski definition) is 2. The van der Waals surface area contributed by atoms with Crippen molar-refractivity contribution >= 4 is 11.6 Å².